The number of ether oxygens (including phenoxy) is 1. The third kappa shape index (κ3) is 4.52. The van der Waals surface area contributed by atoms with E-state index in [0.717, 1.165) is 0 Å². The van der Waals surface area contributed by atoms with Crippen LogP contribution in [0.15, 0.2) is 45.8 Å². The monoisotopic (exact) mass is 391 g/mol. The summed E-state index contributed by atoms with van der Waals surface area (Å²) in [5.41, 5.74) is 0.652. The second-order valence-electron chi connectivity index (χ2n) is 4.35. The molecular formula is C16H10BrNO4S. The molecule has 116 valence electrons. The van der Waals surface area contributed by atoms with Gasteiger partial charge in [0.25, 0.3) is 0 Å². The van der Waals surface area contributed by atoms with E-state index in [9.17, 15) is 14.9 Å². The van der Waals surface area contributed by atoms with E-state index in [1.165, 1.54) is 17.4 Å². The Balaban J connectivity index is 2.24. The van der Waals surface area contributed by atoms with Crippen molar-refractivity contribution in [1.29, 1.82) is 5.26 Å². The summed E-state index contributed by atoms with van der Waals surface area (Å²) in [5.74, 6) is -1.04. The molecule has 1 N–H and O–H groups in total. The van der Waals surface area contributed by atoms with Gasteiger partial charge < -0.3 is 9.84 Å². The zero-order valence-corrected chi connectivity index (χ0v) is 14.1. The minimum absolute atomic E-state index is 0.0264. The minimum Gasteiger partial charge on any atom is -0.481 e. The molecule has 23 heavy (non-hydrogen) atoms. The summed E-state index contributed by atoms with van der Waals surface area (Å²) in [4.78, 5) is 23.2. The number of thiophene rings is 1. The van der Waals surface area contributed by atoms with E-state index < -0.39 is 12.6 Å². The minimum atomic E-state index is -1.07. The molecule has 0 aliphatic carbocycles. The quantitative estimate of drug-likeness (QED) is 0.460. The second kappa shape index (κ2) is 7.72. The van der Waals surface area contributed by atoms with Crippen LogP contribution in [0.5, 0.6) is 5.75 Å². The Morgan fingerprint density at radius 1 is 1.39 bits per heavy atom. The number of carbonyl (C=O) groups excluding carboxylic acids is 1. The standard InChI is InChI=1S/C16H10BrNO4S/c17-12-7-10(3-4-13(12)22-9-15(19)20)6-11(8-18)16(21)14-2-1-5-23-14/h1-7H,9H2,(H,19,20)/b11-6-. The molecule has 0 amide bonds. The number of halogens is 1. The van der Waals surface area contributed by atoms with Gasteiger partial charge in [0, 0.05) is 0 Å². The number of Topliss-reactive ketones (excluding diaryl/α,β-unsaturated/α-hetero) is 1. The smallest absolute Gasteiger partial charge is 0.341 e. The highest BCUT2D eigenvalue weighted by Gasteiger charge is 2.13. The molecule has 5 nitrogen and oxygen atoms in total. The molecule has 0 aliphatic rings. The van der Waals surface area contributed by atoms with Crippen LogP contribution in [-0.2, 0) is 4.79 Å². The third-order valence-corrected chi connectivity index (χ3v) is 4.22. The van der Waals surface area contributed by atoms with Gasteiger partial charge in [0.15, 0.2) is 6.61 Å². The number of aliphatic carboxylic acids is 1. The van der Waals surface area contributed by atoms with E-state index >= 15 is 0 Å². The molecule has 7 heteroatoms. The predicted molar refractivity (Wildman–Crippen MR) is 89.5 cm³/mol. The Kier molecular flexibility index (Phi) is 5.68. The van der Waals surface area contributed by atoms with E-state index in [-0.39, 0.29) is 11.4 Å². The normalized spacial score (nSPS) is 10.9. The number of benzene rings is 1. The van der Waals surface area contributed by atoms with Gasteiger partial charge in [-0.05, 0) is 51.1 Å². The first-order chi connectivity index (χ1) is 11.0. The molecule has 0 bridgehead atoms. The maximum Gasteiger partial charge on any atom is 0.341 e. The summed E-state index contributed by atoms with van der Waals surface area (Å²) in [7, 11) is 0. The van der Waals surface area contributed by atoms with E-state index in [1.54, 1.807) is 35.7 Å². The molecule has 0 aliphatic heterocycles. The molecule has 0 spiro atoms. The zero-order valence-electron chi connectivity index (χ0n) is 11.7. The fourth-order valence-corrected chi connectivity index (χ4v) is 2.91. The third-order valence-electron chi connectivity index (χ3n) is 2.73. The first-order valence-corrected chi connectivity index (χ1v) is 8.02. The molecule has 0 radical (unpaired) electrons. The number of allylic oxidation sites excluding steroid dienone is 1. The molecule has 0 unspecified atom stereocenters. The molecular weight excluding hydrogens is 382 g/mol. The van der Waals surface area contributed by atoms with Crippen LogP contribution < -0.4 is 4.74 Å². The maximum absolute atomic E-state index is 12.2. The van der Waals surface area contributed by atoms with Gasteiger partial charge >= 0.3 is 5.97 Å². The lowest BCUT2D eigenvalue weighted by atomic mass is 10.1. The van der Waals surface area contributed by atoms with Gasteiger partial charge in [-0.1, -0.05) is 12.1 Å². The first kappa shape index (κ1) is 16.9. The zero-order chi connectivity index (χ0) is 16.8. The van der Waals surface area contributed by atoms with Crippen LogP contribution in [0.4, 0.5) is 0 Å². The topological polar surface area (TPSA) is 87.4 Å². The van der Waals surface area contributed by atoms with Crippen molar-refractivity contribution in [2.75, 3.05) is 6.61 Å². The van der Waals surface area contributed by atoms with E-state index in [1.807, 2.05) is 6.07 Å². The first-order valence-electron chi connectivity index (χ1n) is 6.35. The highest BCUT2D eigenvalue weighted by molar-refractivity contribution is 9.10. The summed E-state index contributed by atoms with van der Waals surface area (Å²) in [6, 6.07) is 10.2. The van der Waals surface area contributed by atoms with Crippen molar-refractivity contribution in [2.45, 2.75) is 0 Å². The average Bonchev–Trinajstić information content (AvgIpc) is 3.05. The lowest BCUT2D eigenvalue weighted by molar-refractivity contribution is -0.139. The van der Waals surface area contributed by atoms with Gasteiger partial charge in [-0.3, -0.25) is 4.79 Å². The van der Waals surface area contributed by atoms with E-state index in [2.05, 4.69) is 15.9 Å². The van der Waals surface area contributed by atoms with Crippen molar-refractivity contribution in [1.82, 2.24) is 0 Å². The Labute approximate surface area is 144 Å². The number of carboxylic acid groups (broad SMARTS) is 1. The van der Waals surface area contributed by atoms with Crippen LogP contribution >= 0.6 is 27.3 Å². The van der Waals surface area contributed by atoms with Gasteiger partial charge in [-0.2, -0.15) is 5.26 Å². The molecule has 0 saturated carbocycles. The van der Waals surface area contributed by atoms with Crippen LogP contribution in [0, 0.1) is 11.3 Å². The van der Waals surface area contributed by atoms with Gasteiger partial charge in [-0.25, -0.2) is 4.79 Å². The summed E-state index contributed by atoms with van der Waals surface area (Å²) >= 11 is 4.55. The molecule has 1 heterocycles. The maximum atomic E-state index is 12.2. The van der Waals surface area contributed by atoms with Crippen LogP contribution in [-0.4, -0.2) is 23.5 Å². The number of ketones is 1. The lowest BCUT2D eigenvalue weighted by Crippen LogP contribution is -2.09. The van der Waals surface area contributed by atoms with Crippen LogP contribution in [0.1, 0.15) is 15.2 Å². The van der Waals surface area contributed by atoms with Crippen molar-refractivity contribution in [3.63, 3.8) is 0 Å². The van der Waals surface area contributed by atoms with Crippen molar-refractivity contribution >= 4 is 45.1 Å². The Bertz CT molecular complexity index is 806. The Morgan fingerprint density at radius 3 is 2.74 bits per heavy atom. The van der Waals surface area contributed by atoms with Crippen LogP contribution in [0.2, 0.25) is 0 Å². The Morgan fingerprint density at radius 2 is 2.17 bits per heavy atom. The number of hydrogen-bond acceptors (Lipinski definition) is 5. The van der Waals surface area contributed by atoms with E-state index in [0.29, 0.717) is 20.7 Å². The van der Waals surface area contributed by atoms with Crippen molar-refractivity contribution < 1.29 is 19.4 Å². The number of carbonyl (C=O) groups is 2. The van der Waals surface area contributed by atoms with Crippen LogP contribution in [0.3, 0.4) is 0 Å². The summed E-state index contributed by atoms with van der Waals surface area (Å²) in [5, 5.41) is 19.6. The van der Waals surface area contributed by atoms with Crippen molar-refractivity contribution in [3.05, 3.63) is 56.2 Å². The number of nitriles is 1. The molecule has 0 atom stereocenters. The van der Waals surface area contributed by atoms with Crippen molar-refractivity contribution in [2.24, 2.45) is 0 Å². The SMILES string of the molecule is N#C/C(=C/c1ccc(OCC(=O)O)c(Br)c1)C(=O)c1cccs1. The number of rotatable bonds is 6. The lowest BCUT2D eigenvalue weighted by Gasteiger charge is -2.06. The average molecular weight is 392 g/mol. The molecule has 1 aromatic carbocycles. The molecule has 0 fully saturated rings. The van der Waals surface area contributed by atoms with Gasteiger partial charge in [-0.15, -0.1) is 11.3 Å². The predicted octanol–water partition coefficient (Wildman–Crippen LogP) is 3.76. The van der Waals surface area contributed by atoms with Gasteiger partial charge in [0.05, 0.1) is 9.35 Å². The summed E-state index contributed by atoms with van der Waals surface area (Å²) < 4.78 is 5.63. The van der Waals surface area contributed by atoms with Crippen LogP contribution in [0.25, 0.3) is 6.08 Å². The Hall–Kier alpha value is -2.43. The molecule has 1 aromatic heterocycles. The molecule has 0 saturated heterocycles. The molecule has 2 rings (SSSR count). The number of carboxylic acids is 1. The molecule has 2 aromatic rings. The number of hydrogen-bond donors (Lipinski definition) is 1. The highest BCUT2D eigenvalue weighted by atomic mass is 79.9. The fourth-order valence-electron chi connectivity index (χ4n) is 1.72. The summed E-state index contributed by atoms with van der Waals surface area (Å²) in [6.45, 7) is -0.450. The highest BCUT2D eigenvalue weighted by Crippen LogP contribution is 2.27. The second-order valence-corrected chi connectivity index (χ2v) is 6.15. The van der Waals surface area contributed by atoms with Gasteiger partial charge in [0.2, 0.25) is 5.78 Å². The largest absolute Gasteiger partial charge is 0.481 e. The van der Waals surface area contributed by atoms with Crippen molar-refractivity contribution in [3.8, 4) is 11.8 Å². The fraction of sp³-hybridized carbons (Fsp3) is 0.0625. The van der Waals surface area contributed by atoms with E-state index in [4.69, 9.17) is 9.84 Å². The summed E-state index contributed by atoms with van der Waals surface area (Å²) in [6.07, 6.45) is 1.48. The van der Waals surface area contributed by atoms with Gasteiger partial charge in [0.1, 0.15) is 17.4 Å². The number of nitrogens with zero attached hydrogens (tertiary/aromatic N) is 1.